The summed E-state index contributed by atoms with van der Waals surface area (Å²) < 4.78 is 27.4. The molecule has 0 amide bonds. The Morgan fingerprint density at radius 1 is 1.44 bits per heavy atom. The second kappa shape index (κ2) is 6.11. The molecule has 92 valence electrons. The lowest BCUT2D eigenvalue weighted by atomic mass is 10.4. The van der Waals surface area contributed by atoms with E-state index >= 15 is 0 Å². The van der Waals surface area contributed by atoms with Crippen molar-refractivity contribution in [1.82, 2.24) is 10.0 Å². The predicted octanol–water partition coefficient (Wildman–Crippen LogP) is 1.71. The van der Waals surface area contributed by atoms with Crippen LogP contribution in [0.2, 0.25) is 0 Å². The number of nitrogens with one attached hydrogen (secondary N) is 2. The van der Waals surface area contributed by atoms with Crippen molar-refractivity contribution in [2.75, 3.05) is 20.1 Å². The summed E-state index contributed by atoms with van der Waals surface area (Å²) in [6.45, 7) is 3.13. The van der Waals surface area contributed by atoms with Crippen molar-refractivity contribution >= 4 is 37.3 Å². The molecule has 0 aliphatic heterocycles. The van der Waals surface area contributed by atoms with Crippen LogP contribution < -0.4 is 10.0 Å². The third-order valence-electron chi connectivity index (χ3n) is 2.00. The summed E-state index contributed by atoms with van der Waals surface area (Å²) in [5.74, 6) is 0. The van der Waals surface area contributed by atoms with Crippen molar-refractivity contribution in [3.63, 3.8) is 0 Å². The van der Waals surface area contributed by atoms with Crippen molar-refractivity contribution in [3.05, 3.63) is 15.4 Å². The molecule has 0 aromatic carbocycles. The van der Waals surface area contributed by atoms with E-state index in [2.05, 4.69) is 26.0 Å². The van der Waals surface area contributed by atoms with Crippen LogP contribution in [0, 0.1) is 6.92 Å². The molecule has 0 saturated heterocycles. The Hall–Kier alpha value is 0.0500. The van der Waals surface area contributed by atoms with Crippen LogP contribution in [0.4, 0.5) is 0 Å². The highest BCUT2D eigenvalue weighted by Crippen LogP contribution is 2.30. The highest BCUT2D eigenvalue weighted by molar-refractivity contribution is 9.11. The molecule has 0 saturated carbocycles. The van der Waals surface area contributed by atoms with Gasteiger partial charge in [0, 0.05) is 6.54 Å². The van der Waals surface area contributed by atoms with Crippen LogP contribution >= 0.6 is 27.3 Å². The van der Waals surface area contributed by atoms with E-state index in [4.69, 9.17) is 0 Å². The number of halogens is 1. The quantitative estimate of drug-likeness (QED) is 0.782. The predicted molar refractivity (Wildman–Crippen MR) is 70.5 cm³/mol. The second-order valence-corrected chi connectivity index (χ2v) is 7.74. The van der Waals surface area contributed by atoms with Gasteiger partial charge in [0.15, 0.2) is 0 Å². The zero-order valence-electron chi connectivity index (χ0n) is 9.21. The van der Waals surface area contributed by atoms with E-state index < -0.39 is 10.0 Å². The molecule has 1 rings (SSSR count). The summed E-state index contributed by atoms with van der Waals surface area (Å²) in [6.07, 6.45) is 0.779. The Morgan fingerprint density at radius 3 is 2.62 bits per heavy atom. The maximum absolute atomic E-state index is 11.8. The van der Waals surface area contributed by atoms with Gasteiger partial charge >= 0.3 is 0 Å². The molecule has 1 aromatic rings. The average Bonchev–Trinajstić information content (AvgIpc) is 2.55. The highest BCUT2D eigenvalue weighted by Gasteiger charge is 2.17. The van der Waals surface area contributed by atoms with Gasteiger partial charge in [-0.25, -0.2) is 13.1 Å². The lowest BCUT2D eigenvalue weighted by Gasteiger charge is -2.03. The van der Waals surface area contributed by atoms with Gasteiger partial charge < -0.3 is 5.32 Å². The molecule has 1 aromatic heterocycles. The van der Waals surface area contributed by atoms with Crippen LogP contribution in [0.25, 0.3) is 0 Å². The van der Waals surface area contributed by atoms with Crippen molar-refractivity contribution in [3.8, 4) is 0 Å². The van der Waals surface area contributed by atoms with E-state index in [-0.39, 0.29) is 0 Å². The van der Waals surface area contributed by atoms with Gasteiger partial charge in [-0.3, -0.25) is 0 Å². The average molecular weight is 327 g/mol. The molecule has 0 aliphatic rings. The molecule has 0 unspecified atom stereocenters. The molecule has 2 N–H and O–H groups in total. The van der Waals surface area contributed by atoms with Crippen LogP contribution in [-0.2, 0) is 10.0 Å². The first-order chi connectivity index (χ1) is 7.47. The van der Waals surface area contributed by atoms with Gasteiger partial charge in [0.2, 0.25) is 10.0 Å². The summed E-state index contributed by atoms with van der Waals surface area (Å²) in [4.78, 5) is 0. The molecule has 0 fully saturated rings. The molecule has 0 radical (unpaired) electrons. The SMILES string of the molecule is CNCCCNS(=O)(=O)c1cc(C)c(Br)s1. The number of hydrogen-bond acceptors (Lipinski definition) is 4. The lowest BCUT2D eigenvalue weighted by Crippen LogP contribution is -2.26. The zero-order chi connectivity index (χ0) is 12.2. The molecule has 7 heteroatoms. The summed E-state index contributed by atoms with van der Waals surface area (Å²) in [6, 6.07) is 1.68. The molecule has 0 aliphatic carbocycles. The topological polar surface area (TPSA) is 58.2 Å². The molecule has 0 spiro atoms. The van der Waals surface area contributed by atoms with E-state index in [1.165, 1.54) is 11.3 Å². The van der Waals surface area contributed by atoms with Crippen LogP contribution in [0.3, 0.4) is 0 Å². The molecule has 1 heterocycles. The van der Waals surface area contributed by atoms with Gasteiger partial charge in [0.25, 0.3) is 0 Å². The van der Waals surface area contributed by atoms with Crippen LogP contribution in [0.5, 0.6) is 0 Å². The Bertz CT molecular complexity index is 423. The minimum Gasteiger partial charge on any atom is -0.320 e. The fourth-order valence-corrected chi connectivity index (χ4v) is 4.45. The summed E-state index contributed by atoms with van der Waals surface area (Å²) >= 11 is 4.55. The zero-order valence-corrected chi connectivity index (χ0v) is 12.4. The smallest absolute Gasteiger partial charge is 0.250 e. The van der Waals surface area contributed by atoms with Crippen molar-refractivity contribution < 1.29 is 8.42 Å². The van der Waals surface area contributed by atoms with Crippen LogP contribution in [0.1, 0.15) is 12.0 Å². The third kappa shape index (κ3) is 3.81. The maximum Gasteiger partial charge on any atom is 0.250 e. The first-order valence-corrected chi connectivity index (χ1v) is 7.97. The van der Waals surface area contributed by atoms with E-state index in [0.29, 0.717) is 10.8 Å². The lowest BCUT2D eigenvalue weighted by molar-refractivity contribution is 0.579. The Kier molecular flexibility index (Phi) is 5.39. The summed E-state index contributed by atoms with van der Waals surface area (Å²) in [5.41, 5.74) is 0.945. The van der Waals surface area contributed by atoms with Crippen LogP contribution in [-0.4, -0.2) is 28.6 Å². The highest BCUT2D eigenvalue weighted by atomic mass is 79.9. The normalized spacial score (nSPS) is 11.9. The maximum atomic E-state index is 11.8. The summed E-state index contributed by atoms with van der Waals surface area (Å²) in [7, 11) is -1.49. The Balaban J connectivity index is 2.64. The molecule has 4 nitrogen and oxygen atoms in total. The molecule has 0 bridgehead atoms. The summed E-state index contributed by atoms with van der Waals surface area (Å²) in [5, 5.41) is 2.97. The van der Waals surface area contributed by atoms with Crippen molar-refractivity contribution in [2.45, 2.75) is 17.6 Å². The number of aryl methyl sites for hydroxylation is 1. The molecular formula is C9H15BrN2O2S2. The van der Waals surface area contributed by atoms with E-state index in [9.17, 15) is 8.42 Å². The Morgan fingerprint density at radius 2 is 2.12 bits per heavy atom. The van der Waals surface area contributed by atoms with Gasteiger partial charge in [-0.05, 0) is 54.5 Å². The van der Waals surface area contributed by atoms with Crippen LogP contribution in [0.15, 0.2) is 14.1 Å². The first kappa shape index (κ1) is 14.1. The minimum atomic E-state index is -3.33. The van der Waals surface area contributed by atoms with E-state index in [1.807, 2.05) is 14.0 Å². The monoisotopic (exact) mass is 326 g/mol. The van der Waals surface area contributed by atoms with Gasteiger partial charge in [0.05, 0.1) is 3.79 Å². The van der Waals surface area contributed by atoms with Gasteiger partial charge in [-0.15, -0.1) is 11.3 Å². The largest absolute Gasteiger partial charge is 0.320 e. The molecule has 16 heavy (non-hydrogen) atoms. The van der Waals surface area contributed by atoms with Crippen molar-refractivity contribution in [1.29, 1.82) is 0 Å². The third-order valence-corrected chi connectivity index (χ3v) is 6.07. The fraction of sp³-hybridized carbons (Fsp3) is 0.556. The van der Waals surface area contributed by atoms with E-state index in [0.717, 1.165) is 22.3 Å². The number of hydrogen-bond donors (Lipinski definition) is 2. The molecule has 0 atom stereocenters. The standard InChI is InChI=1S/C9H15BrN2O2S2/c1-7-6-8(15-9(7)10)16(13,14)12-5-3-4-11-2/h6,11-12H,3-5H2,1-2H3. The molecular weight excluding hydrogens is 312 g/mol. The fourth-order valence-electron chi connectivity index (χ4n) is 1.11. The van der Waals surface area contributed by atoms with Gasteiger partial charge in [0.1, 0.15) is 4.21 Å². The number of rotatable bonds is 6. The van der Waals surface area contributed by atoms with Crippen molar-refractivity contribution in [2.24, 2.45) is 0 Å². The first-order valence-electron chi connectivity index (χ1n) is 4.87. The number of sulfonamides is 1. The van der Waals surface area contributed by atoms with Gasteiger partial charge in [-0.2, -0.15) is 0 Å². The Labute approximate surface area is 109 Å². The number of thiophene rings is 1. The minimum absolute atomic E-state index is 0.362. The van der Waals surface area contributed by atoms with E-state index in [1.54, 1.807) is 6.07 Å². The van der Waals surface area contributed by atoms with Gasteiger partial charge in [-0.1, -0.05) is 0 Å². The second-order valence-electron chi connectivity index (χ2n) is 3.38.